The Bertz CT molecular complexity index is 1050. The summed E-state index contributed by atoms with van der Waals surface area (Å²) in [5, 5.41) is 9.34. The van der Waals surface area contributed by atoms with E-state index in [2.05, 4.69) is 10.2 Å². The highest BCUT2D eigenvalue weighted by Gasteiger charge is 2.13. The van der Waals surface area contributed by atoms with E-state index in [4.69, 9.17) is 16.0 Å². The number of aromatic nitrogens is 3. The topological polar surface area (TPSA) is 60.9 Å². The summed E-state index contributed by atoms with van der Waals surface area (Å²) < 4.78 is 8.19. The summed E-state index contributed by atoms with van der Waals surface area (Å²) in [6.45, 7) is 0.256. The Balaban J connectivity index is 1.67. The second kappa shape index (κ2) is 5.64. The Morgan fingerprint density at radius 2 is 2.00 bits per heavy atom. The van der Waals surface area contributed by atoms with Gasteiger partial charge in [0.25, 0.3) is 5.56 Å². The van der Waals surface area contributed by atoms with E-state index < -0.39 is 0 Å². The van der Waals surface area contributed by atoms with E-state index in [0.717, 1.165) is 10.3 Å². The lowest BCUT2D eigenvalue weighted by atomic mass is 10.2. The van der Waals surface area contributed by atoms with Crippen LogP contribution in [-0.2, 0) is 6.54 Å². The van der Waals surface area contributed by atoms with Gasteiger partial charge in [0.15, 0.2) is 0 Å². The van der Waals surface area contributed by atoms with Crippen molar-refractivity contribution in [3.8, 4) is 11.5 Å². The first-order valence-corrected chi connectivity index (χ1v) is 8.03. The van der Waals surface area contributed by atoms with E-state index in [1.54, 1.807) is 16.1 Å². The first-order chi connectivity index (χ1) is 11.2. The molecule has 0 aliphatic carbocycles. The van der Waals surface area contributed by atoms with Crippen molar-refractivity contribution >= 4 is 33.2 Å². The van der Waals surface area contributed by atoms with Gasteiger partial charge >= 0.3 is 0 Å². The lowest BCUT2D eigenvalue weighted by Crippen LogP contribution is -2.13. The Labute approximate surface area is 139 Å². The zero-order valence-electron chi connectivity index (χ0n) is 11.8. The Morgan fingerprint density at radius 3 is 2.83 bits per heavy atom. The second-order valence-corrected chi connectivity index (χ2v) is 6.44. The molecule has 0 N–H and O–H groups in total. The molecule has 114 valence electrons. The fraction of sp³-hybridized carbons (Fsp3) is 0.0625. The van der Waals surface area contributed by atoms with Crippen LogP contribution in [0.2, 0.25) is 5.02 Å². The SMILES string of the molecule is O=c1c2ccccc2sn1Cc1nnc(-c2cccc(Cl)c2)o1. The van der Waals surface area contributed by atoms with Gasteiger partial charge < -0.3 is 4.42 Å². The van der Waals surface area contributed by atoms with Crippen LogP contribution in [0.1, 0.15) is 5.89 Å². The van der Waals surface area contributed by atoms with Gasteiger partial charge in [-0.2, -0.15) is 0 Å². The van der Waals surface area contributed by atoms with E-state index >= 15 is 0 Å². The van der Waals surface area contributed by atoms with E-state index in [1.165, 1.54) is 11.5 Å². The van der Waals surface area contributed by atoms with Crippen molar-refractivity contribution in [2.75, 3.05) is 0 Å². The van der Waals surface area contributed by atoms with Crippen molar-refractivity contribution in [2.24, 2.45) is 0 Å². The summed E-state index contributed by atoms with van der Waals surface area (Å²) in [5.41, 5.74) is 0.702. The fourth-order valence-corrected chi connectivity index (χ4v) is 3.48. The van der Waals surface area contributed by atoms with Crippen molar-refractivity contribution in [2.45, 2.75) is 6.54 Å². The minimum absolute atomic E-state index is 0.0481. The highest BCUT2D eigenvalue weighted by atomic mass is 35.5. The number of benzene rings is 2. The number of nitrogens with zero attached hydrogens (tertiary/aromatic N) is 3. The molecular weight excluding hydrogens is 334 g/mol. The van der Waals surface area contributed by atoms with Crippen molar-refractivity contribution in [3.05, 3.63) is 69.8 Å². The van der Waals surface area contributed by atoms with Crippen LogP contribution >= 0.6 is 23.1 Å². The van der Waals surface area contributed by atoms with Gasteiger partial charge in [-0.25, -0.2) is 0 Å². The first-order valence-electron chi connectivity index (χ1n) is 6.88. The molecule has 2 aromatic heterocycles. The van der Waals surface area contributed by atoms with Crippen LogP contribution in [0.3, 0.4) is 0 Å². The lowest BCUT2D eigenvalue weighted by molar-refractivity contribution is 0.494. The number of halogens is 1. The third-order valence-corrected chi connectivity index (χ3v) is 4.67. The average molecular weight is 344 g/mol. The highest BCUT2D eigenvalue weighted by molar-refractivity contribution is 7.13. The van der Waals surface area contributed by atoms with Gasteiger partial charge in [-0.1, -0.05) is 41.3 Å². The summed E-state index contributed by atoms with van der Waals surface area (Å²) in [7, 11) is 0. The molecule has 0 atom stereocenters. The van der Waals surface area contributed by atoms with Gasteiger partial charge in [-0.3, -0.25) is 8.75 Å². The second-order valence-electron chi connectivity index (χ2n) is 4.94. The molecule has 2 heterocycles. The third kappa shape index (κ3) is 2.67. The normalized spacial score (nSPS) is 11.2. The molecule has 0 spiro atoms. The monoisotopic (exact) mass is 343 g/mol. The summed E-state index contributed by atoms with van der Waals surface area (Å²) in [4.78, 5) is 12.3. The summed E-state index contributed by atoms with van der Waals surface area (Å²) >= 11 is 7.35. The van der Waals surface area contributed by atoms with Crippen LogP contribution in [-0.4, -0.2) is 14.2 Å². The molecule has 0 aliphatic rings. The molecule has 0 bridgehead atoms. The molecule has 4 aromatic rings. The minimum atomic E-state index is -0.0481. The summed E-state index contributed by atoms with van der Waals surface area (Å²) in [6.07, 6.45) is 0. The molecule has 0 saturated heterocycles. The van der Waals surface area contributed by atoms with Crippen LogP contribution < -0.4 is 5.56 Å². The minimum Gasteiger partial charge on any atom is -0.419 e. The summed E-state index contributed by atoms with van der Waals surface area (Å²) in [5.74, 6) is 0.769. The fourth-order valence-electron chi connectivity index (χ4n) is 2.30. The number of hydrogen-bond donors (Lipinski definition) is 0. The first kappa shape index (κ1) is 14.2. The molecule has 0 amide bonds. The van der Waals surface area contributed by atoms with Gasteiger partial charge in [0.2, 0.25) is 11.8 Å². The van der Waals surface area contributed by atoms with E-state index in [9.17, 15) is 4.79 Å². The van der Waals surface area contributed by atoms with Gasteiger partial charge in [0.1, 0.15) is 6.54 Å². The third-order valence-electron chi connectivity index (χ3n) is 3.37. The molecule has 0 saturated carbocycles. The molecule has 0 fully saturated rings. The van der Waals surface area contributed by atoms with Gasteiger partial charge in [-0.15, -0.1) is 10.2 Å². The molecule has 5 nitrogen and oxygen atoms in total. The van der Waals surface area contributed by atoms with Crippen LogP contribution in [0.25, 0.3) is 21.5 Å². The molecule has 23 heavy (non-hydrogen) atoms. The van der Waals surface area contributed by atoms with Crippen molar-refractivity contribution in [1.29, 1.82) is 0 Å². The standard InChI is InChI=1S/C16H10ClN3O2S/c17-11-5-3-4-10(8-11)15-19-18-14(22-15)9-20-16(21)12-6-1-2-7-13(12)23-20/h1-8H,9H2. The zero-order valence-corrected chi connectivity index (χ0v) is 13.3. The molecule has 7 heteroatoms. The molecule has 0 aliphatic heterocycles. The molecule has 4 rings (SSSR count). The highest BCUT2D eigenvalue weighted by Crippen LogP contribution is 2.22. The van der Waals surface area contributed by atoms with Crippen molar-refractivity contribution in [3.63, 3.8) is 0 Å². The average Bonchev–Trinajstić information content (AvgIpc) is 3.14. The van der Waals surface area contributed by atoms with Crippen molar-refractivity contribution < 1.29 is 4.42 Å². The largest absolute Gasteiger partial charge is 0.419 e. The maximum absolute atomic E-state index is 12.3. The van der Waals surface area contributed by atoms with Crippen LogP contribution in [0.15, 0.2) is 57.7 Å². The van der Waals surface area contributed by atoms with Gasteiger partial charge in [0, 0.05) is 10.6 Å². The lowest BCUT2D eigenvalue weighted by Gasteiger charge is -1.96. The van der Waals surface area contributed by atoms with E-state index in [-0.39, 0.29) is 12.1 Å². The Morgan fingerprint density at radius 1 is 1.13 bits per heavy atom. The van der Waals surface area contributed by atoms with Crippen LogP contribution in [0.5, 0.6) is 0 Å². The number of fused-ring (bicyclic) bond motifs is 1. The molecular formula is C16H10ClN3O2S. The molecule has 0 radical (unpaired) electrons. The van der Waals surface area contributed by atoms with E-state index in [0.29, 0.717) is 22.2 Å². The van der Waals surface area contributed by atoms with Crippen LogP contribution in [0, 0.1) is 0 Å². The maximum Gasteiger partial charge on any atom is 0.268 e. The van der Waals surface area contributed by atoms with Crippen LogP contribution in [0.4, 0.5) is 0 Å². The van der Waals surface area contributed by atoms with Gasteiger partial charge in [0.05, 0.1) is 10.1 Å². The number of hydrogen-bond acceptors (Lipinski definition) is 5. The summed E-state index contributed by atoms with van der Waals surface area (Å²) in [6, 6.07) is 14.7. The van der Waals surface area contributed by atoms with Crippen molar-refractivity contribution in [1.82, 2.24) is 14.2 Å². The maximum atomic E-state index is 12.3. The smallest absolute Gasteiger partial charge is 0.268 e. The Kier molecular flexibility index (Phi) is 3.48. The quantitative estimate of drug-likeness (QED) is 0.567. The molecule has 0 unspecified atom stereocenters. The number of rotatable bonds is 3. The van der Waals surface area contributed by atoms with Gasteiger partial charge in [-0.05, 0) is 30.3 Å². The predicted molar refractivity (Wildman–Crippen MR) is 89.9 cm³/mol. The zero-order chi connectivity index (χ0) is 15.8. The predicted octanol–water partition coefficient (Wildman–Crippen LogP) is 3.81. The molecule has 2 aromatic carbocycles. The van der Waals surface area contributed by atoms with E-state index in [1.807, 2.05) is 36.4 Å². The Hall–Kier alpha value is -2.44.